The Morgan fingerprint density at radius 2 is 1.75 bits per heavy atom. The number of hydrogen-bond donors (Lipinski definition) is 2. The van der Waals surface area contributed by atoms with Crippen LogP contribution < -0.4 is 5.14 Å². The Hall–Kier alpha value is -3.85. The van der Waals surface area contributed by atoms with Crippen molar-refractivity contribution >= 4 is 10.0 Å². The summed E-state index contributed by atoms with van der Waals surface area (Å²) in [7, 11) is -3.83. The molecule has 0 amide bonds. The van der Waals surface area contributed by atoms with Crippen LogP contribution in [-0.4, -0.2) is 38.3 Å². The smallest absolute Gasteiger partial charge is 0.274 e. The van der Waals surface area contributed by atoms with E-state index >= 15 is 0 Å². The first kappa shape index (κ1) is 27.7. The molecule has 0 spiro atoms. The molecule has 0 atom stereocenters. The fourth-order valence-corrected chi connectivity index (χ4v) is 5.00. The Morgan fingerprint density at radius 1 is 1.02 bits per heavy atom. The number of aliphatic hydroxyl groups is 1. The molecule has 1 aliphatic rings. The third kappa shape index (κ3) is 6.47. The highest BCUT2D eigenvalue weighted by atomic mass is 32.2. The minimum atomic E-state index is -3.83. The Labute approximate surface area is 231 Å². The van der Waals surface area contributed by atoms with Crippen LogP contribution in [0.25, 0.3) is 22.6 Å². The van der Waals surface area contributed by atoms with E-state index in [-0.39, 0.29) is 24.0 Å². The molecule has 0 radical (unpaired) electrons. The summed E-state index contributed by atoms with van der Waals surface area (Å²) in [6.45, 7) is 0.980. The van der Waals surface area contributed by atoms with Crippen LogP contribution in [0.15, 0.2) is 82.1 Å². The van der Waals surface area contributed by atoms with Crippen LogP contribution in [0.5, 0.6) is 0 Å². The van der Waals surface area contributed by atoms with Gasteiger partial charge in [-0.05, 0) is 53.4 Å². The maximum Gasteiger partial charge on any atom is 0.274 e. The molecule has 10 heteroatoms. The average molecular weight is 563 g/mol. The van der Waals surface area contributed by atoms with Gasteiger partial charge in [0, 0.05) is 37.2 Å². The molecule has 1 saturated heterocycles. The molecule has 0 bridgehead atoms. The van der Waals surface area contributed by atoms with Crippen molar-refractivity contribution in [2.24, 2.45) is 5.14 Å². The lowest BCUT2D eigenvalue weighted by Gasteiger charge is -2.32. The Bertz CT molecular complexity index is 1650. The Kier molecular flexibility index (Phi) is 8.12. The number of nitrogens with zero attached hydrogens (tertiary/aromatic N) is 1. The lowest BCUT2D eigenvalue weighted by molar-refractivity contribution is -0.0681. The summed E-state index contributed by atoms with van der Waals surface area (Å²) in [6.07, 6.45) is 0.809. The van der Waals surface area contributed by atoms with E-state index in [1.165, 1.54) is 24.3 Å². The van der Waals surface area contributed by atoms with Crippen molar-refractivity contribution in [3.05, 3.63) is 95.6 Å². The van der Waals surface area contributed by atoms with Gasteiger partial charge in [0.2, 0.25) is 10.0 Å². The van der Waals surface area contributed by atoms with E-state index in [2.05, 4.69) is 16.8 Å². The van der Waals surface area contributed by atoms with E-state index < -0.39 is 21.4 Å². The number of sulfonamides is 1. The lowest BCUT2D eigenvalue weighted by atomic mass is 9.85. The second-order valence-corrected chi connectivity index (χ2v) is 11.0. The third-order valence-corrected chi connectivity index (χ3v) is 7.50. The quantitative estimate of drug-likeness (QED) is 0.253. The van der Waals surface area contributed by atoms with Crippen molar-refractivity contribution in [2.45, 2.75) is 29.9 Å². The molecule has 0 saturated carbocycles. The SMILES string of the molecule is NS(=O)(=O)c1ccc(-c2oc(C#CCOCc3cc(F)cc(C4(O)CCOCC4)c3)nc2-c2ccccc2)cc1. The number of aromatic nitrogens is 1. The summed E-state index contributed by atoms with van der Waals surface area (Å²) in [4.78, 5) is 4.53. The van der Waals surface area contributed by atoms with Crippen LogP contribution in [-0.2, 0) is 31.7 Å². The minimum absolute atomic E-state index is 0.0125. The topological polar surface area (TPSA) is 125 Å². The maximum atomic E-state index is 14.3. The van der Waals surface area contributed by atoms with Crippen LogP contribution in [0.1, 0.15) is 29.9 Å². The van der Waals surface area contributed by atoms with Gasteiger partial charge in [-0.25, -0.2) is 22.9 Å². The van der Waals surface area contributed by atoms with Gasteiger partial charge in [0.25, 0.3) is 5.89 Å². The fraction of sp³-hybridized carbons (Fsp3) is 0.233. The van der Waals surface area contributed by atoms with Crippen LogP contribution in [0.4, 0.5) is 4.39 Å². The fourth-order valence-electron chi connectivity index (χ4n) is 4.49. The summed E-state index contributed by atoms with van der Waals surface area (Å²) in [6, 6.07) is 19.8. The monoisotopic (exact) mass is 562 g/mol. The molecule has 1 fully saturated rings. The molecular weight excluding hydrogens is 535 g/mol. The first-order chi connectivity index (χ1) is 19.2. The number of halogens is 1. The summed E-state index contributed by atoms with van der Waals surface area (Å²) >= 11 is 0. The molecule has 1 aromatic heterocycles. The predicted octanol–water partition coefficient (Wildman–Crippen LogP) is 4.36. The first-order valence-corrected chi connectivity index (χ1v) is 14.1. The van der Waals surface area contributed by atoms with Crippen molar-refractivity contribution in [1.29, 1.82) is 0 Å². The molecular formula is C30H27FN2O6S. The summed E-state index contributed by atoms with van der Waals surface area (Å²) < 4.78 is 54.4. The summed E-state index contributed by atoms with van der Waals surface area (Å²) in [5, 5.41) is 16.1. The number of hydrogen-bond acceptors (Lipinski definition) is 7. The Balaban J connectivity index is 1.31. The van der Waals surface area contributed by atoms with E-state index in [4.69, 9.17) is 19.0 Å². The molecule has 3 N–H and O–H groups in total. The van der Waals surface area contributed by atoms with Crippen molar-refractivity contribution in [2.75, 3.05) is 19.8 Å². The zero-order valence-corrected chi connectivity index (χ0v) is 22.3. The zero-order valence-electron chi connectivity index (χ0n) is 21.5. The molecule has 0 unspecified atom stereocenters. The van der Waals surface area contributed by atoms with Crippen molar-refractivity contribution in [3.8, 4) is 34.4 Å². The number of primary sulfonamides is 1. The van der Waals surface area contributed by atoms with E-state index in [0.29, 0.717) is 54.2 Å². The van der Waals surface area contributed by atoms with Gasteiger partial charge in [-0.15, -0.1) is 0 Å². The van der Waals surface area contributed by atoms with Gasteiger partial charge in [-0.3, -0.25) is 0 Å². The van der Waals surface area contributed by atoms with Crippen molar-refractivity contribution in [3.63, 3.8) is 0 Å². The molecule has 206 valence electrons. The highest BCUT2D eigenvalue weighted by molar-refractivity contribution is 7.89. The number of nitrogens with two attached hydrogens (primary N) is 1. The summed E-state index contributed by atoms with van der Waals surface area (Å²) in [5.41, 5.74) is 1.94. The maximum absolute atomic E-state index is 14.3. The molecule has 0 aliphatic carbocycles. The van der Waals surface area contributed by atoms with Gasteiger partial charge in [0.15, 0.2) is 5.76 Å². The molecule has 2 heterocycles. The largest absolute Gasteiger partial charge is 0.429 e. The lowest BCUT2D eigenvalue weighted by Crippen LogP contribution is -2.33. The van der Waals surface area contributed by atoms with Gasteiger partial charge >= 0.3 is 0 Å². The van der Waals surface area contributed by atoms with E-state index in [0.717, 1.165) is 5.56 Å². The second-order valence-electron chi connectivity index (χ2n) is 9.42. The first-order valence-electron chi connectivity index (χ1n) is 12.6. The molecule has 8 nitrogen and oxygen atoms in total. The average Bonchev–Trinajstić information content (AvgIpc) is 3.37. The number of benzene rings is 3. The molecule has 5 rings (SSSR count). The highest BCUT2D eigenvalue weighted by Gasteiger charge is 2.32. The van der Waals surface area contributed by atoms with E-state index in [1.54, 1.807) is 18.2 Å². The van der Waals surface area contributed by atoms with Crippen molar-refractivity contribution < 1.29 is 31.8 Å². The summed E-state index contributed by atoms with van der Waals surface area (Å²) in [5.74, 6) is 5.85. The van der Waals surface area contributed by atoms with Gasteiger partial charge in [0.1, 0.15) is 18.1 Å². The van der Waals surface area contributed by atoms with Crippen molar-refractivity contribution in [1.82, 2.24) is 4.98 Å². The molecule has 4 aromatic rings. The van der Waals surface area contributed by atoms with Gasteiger partial charge < -0.3 is 19.0 Å². The number of rotatable bonds is 7. The number of ether oxygens (including phenoxy) is 2. The van der Waals surface area contributed by atoms with Crippen LogP contribution in [0.2, 0.25) is 0 Å². The van der Waals surface area contributed by atoms with Gasteiger partial charge in [-0.1, -0.05) is 42.3 Å². The van der Waals surface area contributed by atoms with Crippen LogP contribution >= 0.6 is 0 Å². The standard InChI is InChI=1S/C30H27FN2O6S/c31-25-18-21(17-24(19-25)30(34)12-15-37-16-13-30)20-38-14-4-7-27-33-28(22-5-2-1-3-6-22)29(39-27)23-8-10-26(11-9-23)40(32,35)36/h1-3,5-6,8-11,17-19,34H,12-16,20H2,(H2,32,35,36). The van der Waals surface area contributed by atoms with Gasteiger partial charge in [0.05, 0.1) is 17.1 Å². The van der Waals surface area contributed by atoms with E-state index in [1.807, 2.05) is 30.3 Å². The molecule has 3 aromatic carbocycles. The van der Waals surface area contributed by atoms with Crippen LogP contribution in [0, 0.1) is 17.7 Å². The third-order valence-electron chi connectivity index (χ3n) is 6.57. The predicted molar refractivity (Wildman–Crippen MR) is 146 cm³/mol. The normalized spacial score (nSPS) is 14.9. The highest BCUT2D eigenvalue weighted by Crippen LogP contribution is 2.34. The Morgan fingerprint density at radius 3 is 2.45 bits per heavy atom. The molecule has 1 aliphatic heterocycles. The number of oxazole rings is 1. The minimum Gasteiger partial charge on any atom is -0.429 e. The second kappa shape index (κ2) is 11.7. The molecule has 40 heavy (non-hydrogen) atoms. The zero-order chi connectivity index (χ0) is 28.2. The van der Waals surface area contributed by atoms with Gasteiger partial charge in [-0.2, -0.15) is 0 Å². The van der Waals surface area contributed by atoms with Crippen LogP contribution in [0.3, 0.4) is 0 Å². The van der Waals surface area contributed by atoms with E-state index in [9.17, 15) is 17.9 Å².